The highest BCUT2D eigenvalue weighted by atomic mass is 16.2. The summed E-state index contributed by atoms with van der Waals surface area (Å²) in [5.74, 6) is 0.239. The third-order valence-corrected chi connectivity index (χ3v) is 3.91. The van der Waals surface area contributed by atoms with Crippen LogP contribution in [0.15, 0.2) is 18.2 Å². The van der Waals surface area contributed by atoms with Gasteiger partial charge in [0.25, 0.3) is 0 Å². The third-order valence-electron chi connectivity index (χ3n) is 3.91. The number of carbonyl (C=O) groups is 1. The highest BCUT2D eigenvalue weighted by molar-refractivity contribution is 5.79. The zero-order chi connectivity index (χ0) is 15.2. The van der Waals surface area contributed by atoms with Gasteiger partial charge in [-0.1, -0.05) is 36.8 Å². The van der Waals surface area contributed by atoms with Crippen molar-refractivity contribution in [1.82, 2.24) is 10.2 Å². The van der Waals surface area contributed by atoms with Crippen molar-refractivity contribution in [2.75, 3.05) is 26.2 Å². The molecule has 0 bridgehead atoms. The van der Waals surface area contributed by atoms with Gasteiger partial charge >= 0.3 is 0 Å². The van der Waals surface area contributed by atoms with E-state index < -0.39 is 0 Å². The number of amides is 1. The smallest absolute Gasteiger partial charge is 0.227 e. The van der Waals surface area contributed by atoms with Crippen molar-refractivity contribution in [2.24, 2.45) is 0 Å². The first-order valence-electron chi connectivity index (χ1n) is 7.87. The molecule has 1 aliphatic rings. The molecule has 114 valence electrons. The fourth-order valence-electron chi connectivity index (χ4n) is 2.74. The van der Waals surface area contributed by atoms with Crippen LogP contribution < -0.4 is 15.8 Å². The lowest BCUT2D eigenvalue weighted by molar-refractivity contribution is -0.131. The Morgan fingerprint density at radius 3 is 2.62 bits per heavy atom. The largest absolute Gasteiger partial charge is 0.340 e. The summed E-state index contributed by atoms with van der Waals surface area (Å²) in [6, 6.07) is 6.41. The van der Waals surface area contributed by atoms with Crippen molar-refractivity contribution in [3.05, 3.63) is 34.2 Å². The van der Waals surface area contributed by atoms with Gasteiger partial charge in [-0.05, 0) is 36.3 Å². The van der Waals surface area contributed by atoms with Crippen molar-refractivity contribution in [3.8, 4) is 0 Å². The van der Waals surface area contributed by atoms with Gasteiger partial charge in [-0.25, -0.2) is 0 Å². The molecule has 1 amide bonds. The van der Waals surface area contributed by atoms with E-state index in [1.165, 1.54) is 16.0 Å². The van der Waals surface area contributed by atoms with Crippen molar-refractivity contribution < 1.29 is 4.79 Å². The van der Waals surface area contributed by atoms with Crippen molar-refractivity contribution in [2.45, 2.75) is 33.6 Å². The van der Waals surface area contributed by atoms with Crippen LogP contribution in [-0.4, -0.2) is 37.0 Å². The van der Waals surface area contributed by atoms with Crippen molar-refractivity contribution in [3.63, 3.8) is 0 Å². The summed E-state index contributed by atoms with van der Waals surface area (Å²) in [4.78, 5) is 14.3. The zero-order valence-electron chi connectivity index (χ0n) is 13.4. The molecule has 1 aromatic rings. The average molecular weight is 286 g/mol. The topological polar surface area (TPSA) is 32.3 Å². The normalized spacial score (nSPS) is 16.1. The maximum absolute atomic E-state index is 12.3. The van der Waals surface area contributed by atoms with Gasteiger partial charge in [0.15, 0.2) is 0 Å². The summed E-state index contributed by atoms with van der Waals surface area (Å²) in [6.45, 7) is 9.87. The number of nitrogens with one attached hydrogen (secondary N) is 1. The Bertz CT molecular complexity index is 609. The molecule has 2 rings (SSSR count). The molecule has 1 N–H and O–H groups in total. The van der Waals surface area contributed by atoms with Gasteiger partial charge in [0.2, 0.25) is 5.91 Å². The van der Waals surface area contributed by atoms with E-state index in [1.54, 1.807) is 0 Å². The molecule has 0 aliphatic carbocycles. The minimum Gasteiger partial charge on any atom is -0.340 e. The molecular formula is C18H26N2O. The lowest BCUT2D eigenvalue weighted by Gasteiger charge is -2.27. The predicted molar refractivity (Wildman–Crippen MR) is 88.4 cm³/mol. The lowest BCUT2D eigenvalue weighted by atomic mass is 10.0. The molecule has 1 saturated heterocycles. The Morgan fingerprint density at radius 2 is 2.00 bits per heavy atom. The summed E-state index contributed by atoms with van der Waals surface area (Å²) in [5.41, 5.74) is 2.41. The van der Waals surface area contributed by atoms with Crippen LogP contribution in [0.1, 0.15) is 32.8 Å². The fraction of sp³-hybridized carbons (Fsp3) is 0.500. The van der Waals surface area contributed by atoms with E-state index in [2.05, 4.69) is 50.4 Å². The minimum absolute atomic E-state index is 0.239. The van der Waals surface area contributed by atoms with Gasteiger partial charge in [-0.3, -0.25) is 4.79 Å². The Hall–Kier alpha value is -1.61. The minimum atomic E-state index is 0.239. The quantitative estimate of drug-likeness (QED) is 0.900. The molecule has 3 nitrogen and oxygen atoms in total. The van der Waals surface area contributed by atoms with Crippen LogP contribution in [0.25, 0.3) is 11.6 Å². The van der Waals surface area contributed by atoms with E-state index in [1.807, 2.05) is 4.90 Å². The van der Waals surface area contributed by atoms with Crippen LogP contribution in [-0.2, 0) is 11.2 Å². The molecule has 1 aliphatic heterocycles. The summed E-state index contributed by atoms with van der Waals surface area (Å²) >= 11 is 0. The highest BCUT2D eigenvalue weighted by Crippen LogP contribution is 2.02. The number of rotatable bonds is 3. The molecule has 0 spiro atoms. The molecule has 0 unspecified atom stereocenters. The van der Waals surface area contributed by atoms with E-state index in [4.69, 9.17) is 0 Å². The van der Waals surface area contributed by atoms with Gasteiger partial charge < -0.3 is 10.2 Å². The number of benzene rings is 1. The maximum atomic E-state index is 12.3. The average Bonchev–Trinajstić information content (AvgIpc) is 2.49. The molecule has 1 fully saturated rings. The van der Waals surface area contributed by atoms with Gasteiger partial charge in [0.05, 0.1) is 6.42 Å². The van der Waals surface area contributed by atoms with Crippen LogP contribution in [0.5, 0.6) is 0 Å². The molecule has 0 atom stereocenters. The van der Waals surface area contributed by atoms with Gasteiger partial charge in [-0.2, -0.15) is 0 Å². The Kier molecular flexibility index (Phi) is 5.57. The summed E-state index contributed by atoms with van der Waals surface area (Å²) < 4.78 is 0. The zero-order valence-corrected chi connectivity index (χ0v) is 13.4. The monoisotopic (exact) mass is 286 g/mol. The first kappa shape index (κ1) is 15.8. The molecule has 21 heavy (non-hydrogen) atoms. The SMILES string of the molecule is CC/C=c1/ccc(CC(=O)N2CCNCC2)cc1=C(C)C. The van der Waals surface area contributed by atoms with Crippen molar-refractivity contribution >= 4 is 17.6 Å². The van der Waals surface area contributed by atoms with E-state index in [0.717, 1.165) is 38.2 Å². The Morgan fingerprint density at radius 1 is 1.29 bits per heavy atom. The van der Waals surface area contributed by atoms with Crippen LogP contribution in [0.3, 0.4) is 0 Å². The standard InChI is InChI=1S/C18H26N2O/c1-4-5-16-7-6-15(12-17(16)14(2)3)13-18(21)20-10-8-19-9-11-20/h5-7,12,19H,4,8-11,13H2,1-3H3/b16-5-. The molecule has 3 heteroatoms. The van der Waals surface area contributed by atoms with Crippen LogP contribution in [0, 0.1) is 0 Å². The second kappa shape index (κ2) is 7.41. The van der Waals surface area contributed by atoms with Crippen LogP contribution >= 0.6 is 0 Å². The van der Waals surface area contributed by atoms with E-state index in [0.29, 0.717) is 6.42 Å². The number of nitrogens with zero attached hydrogens (tertiary/aromatic N) is 1. The molecule has 1 aromatic carbocycles. The Labute approximate surface area is 127 Å². The summed E-state index contributed by atoms with van der Waals surface area (Å²) in [6.07, 6.45) is 3.77. The van der Waals surface area contributed by atoms with E-state index >= 15 is 0 Å². The predicted octanol–water partition coefficient (Wildman–Crippen LogP) is 1.04. The van der Waals surface area contributed by atoms with Crippen LogP contribution in [0.2, 0.25) is 0 Å². The molecule has 0 aromatic heterocycles. The van der Waals surface area contributed by atoms with Crippen LogP contribution in [0.4, 0.5) is 0 Å². The molecular weight excluding hydrogens is 260 g/mol. The Balaban J connectivity index is 2.21. The summed E-state index contributed by atoms with van der Waals surface area (Å²) in [5, 5.41) is 5.82. The summed E-state index contributed by atoms with van der Waals surface area (Å²) in [7, 11) is 0. The van der Waals surface area contributed by atoms with Crippen molar-refractivity contribution in [1.29, 1.82) is 0 Å². The van der Waals surface area contributed by atoms with E-state index in [-0.39, 0.29) is 5.91 Å². The number of carbonyl (C=O) groups excluding carboxylic acids is 1. The molecule has 0 saturated carbocycles. The number of hydrogen-bond acceptors (Lipinski definition) is 2. The van der Waals surface area contributed by atoms with Gasteiger partial charge in [0, 0.05) is 26.2 Å². The third kappa shape index (κ3) is 4.18. The first-order valence-corrected chi connectivity index (χ1v) is 7.87. The van der Waals surface area contributed by atoms with Gasteiger partial charge in [-0.15, -0.1) is 0 Å². The second-order valence-corrected chi connectivity index (χ2v) is 5.84. The second-order valence-electron chi connectivity index (χ2n) is 5.84. The molecule has 1 heterocycles. The first-order chi connectivity index (χ1) is 10.1. The molecule has 0 radical (unpaired) electrons. The number of hydrogen-bond donors (Lipinski definition) is 1. The fourth-order valence-corrected chi connectivity index (χ4v) is 2.74. The maximum Gasteiger partial charge on any atom is 0.227 e. The highest BCUT2D eigenvalue weighted by Gasteiger charge is 2.16. The van der Waals surface area contributed by atoms with Gasteiger partial charge in [0.1, 0.15) is 0 Å². The number of piperazine rings is 1. The lowest BCUT2D eigenvalue weighted by Crippen LogP contribution is -2.47. The van der Waals surface area contributed by atoms with E-state index in [9.17, 15) is 4.79 Å².